The van der Waals surface area contributed by atoms with Crippen LogP contribution in [0.1, 0.15) is 20.8 Å². The first kappa shape index (κ1) is 14.7. The van der Waals surface area contributed by atoms with Gasteiger partial charge in [-0.3, -0.25) is 4.79 Å². The predicted molar refractivity (Wildman–Crippen MR) is 75.1 cm³/mol. The van der Waals surface area contributed by atoms with Gasteiger partial charge in [-0.15, -0.1) is 0 Å². The van der Waals surface area contributed by atoms with Crippen molar-refractivity contribution in [2.24, 2.45) is 5.92 Å². The second-order valence-electron chi connectivity index (χ2n) is 4.66. The van der Waals surface area contributed by atoms with Crippen molar-refractivity contribution in [2.45, 2.75) is 27.3 Å². The third-order valence-corrected chi connectivity index (χ3v) is 3.00. The van der Waals surface area contributed by atoms with E-state index in [1.54, 1.807) is 12.3 Å². The van der Waals surface area contributed by atoms with Gasteiger partial charge >= 0.3 is 0 Å². The smallest absolute Gasteiger partial charge is 0.268 e. The van der Waals surface area contributed by atoms with Crippen LogP contribution in [0, 0.1) is 5.92 Å². The van der Waals surface area contributed by atoms with Crippen molar-refractivity contribution in [2.75, 3.05) is 31.6 Å². The molecule has 0 saturated carbocycles. The van der Waals surface area contributed by atoms with Crippen molar-refractivity contribution in [3.63, 3.8) is 0 Å². The van der Waals surface area contributed by atoms with E-state index in [9.17, 15) is 4.79 Å². The van der Waals surface area contributed by atoms with Crippen molar-refractivity contribution in [3.8, 4) is 0 Å². The zero-order chi connectivity index (χ0) is 13.5. The van der Waals surface area contributed by atoms with Crippen LogP contribution in [-0.2, 0) is 6.54 Å². The van der Waals surface area contributed by atoms with Crippen LogP contribution in [0.2, 0.25) is 0 Å². The molecule has 1 aromatic rings. The summed E-state index contributed by atoms with van der Waals surface area (Å²) in [5.74, 6) is 0.393. The van der Waals surface area contributed by atoms with Crippen molar-refractivity contribution in [1.82, 2.24) is 15.1 Å². The van der Waals surface area contributed by atoms with Crippen LogP contribution < -0.4 is 15.8 Å². The maximum Gasteiger partial charge on any atom is 0.268 e. The summed E-state index contributed by atoms with van der Waals surface area (Å²) in [6.07, 6.45) is 1.75. The number of anilines is 1. The van der Waals surface area contributed by atoms with E-state index in [0.29, 0.717) is 12.5 Å². The molecule has 1 N–H and O–H groups in total. The van der Waals surface area contributed by atoms with Gasteiger partial charge in [0.15, 0.2) is 0 Å². The summed E-state index contributed by atoms with van der Waals surface area (Å²) in [6.45, 7) is 9.61. The van der Waals surface area contributed by atoms with Crippen molar-refractivity contribution < 1.29 is 0 Å². The maximum absolute atomic E-state index is 11.9. The summed E-state index contributed by atoms with van der Waals surface area (Å²) >= 11 is 0. The number of hydrogen-bond donors (Lipinski definition) is 1. The quantitative estimate of drug-likeness (QED) is 0.785. The van der Waals surface area contributed by atoms with Crippen LogP contribution in [0.15, 0.2) is 17.1 Å². The maximum atomic E-state index is 11.9. The molecule has 0 aliphatic carbocycles. The minimum absolute atomic E-state index is 0.0313. The molecule has 5 heteroatoms. The molecule has 0 aromatic carbocycles. The van der Waals surface area contributed by atoms with Crippen LogP contribution in [0.5, 0.6) is 0 Å². The molecule has 0 radical (unpaired) electrons. The molecular weight excluding hydrogens is 228 g/mol. The zero-order valence-corrected chi connectivity index (χ0v) is 11.8. The average Bonchev–Trinajstić information content (AvgIpc) is 2.37. The van der Waals surface area contributed by atoms with Crippen LogP contribution in [0.4, 0.5) is 5.69 Å². The molecule has 1 rings (SSSR count). The van der Waals surface area contributed by atoms with E-state index >= 15 is 0 Å². The second-order valence-corrected chi connectivity index (χ2v) is 4.66. The molecule has 102 valence electrons. The lowest BCUT2D eigenvalue weighted by Gasteiger charge is -2.17. The van der Waals surface area contributed by atoms with E-state index in [-0.39, 0.29) is 5.56 Å². The normalized spacial score (nSPS) is 12.4. The fourth-order valence-electron chi connectivity index (χ4n) is 1.70. The molecule has 0 spiro atoms. The molecule has 1 heterocycles. The fourth-order valence-corrected chi connectivity index (χ4v) is 1.70. The van der Waals surface area contributed by atoms with Crippen molar-refractivity contribution in [1.29, 1.82) is 0 Å². The van der Waals surface area contributed by atoms with Gasteiger partial charge in [-0.2, -0.15) is 5.10 Å². The van der Waals surface area contributed by atoms with E-state index in [0.717, 1.165) is 25.3 Å². The zero-order valence-electron chi connectivity index (χ0n) is 11.8. The number of hydrogen-bond acceptors (Lipinski definition) is 4. The molecule has 0 fully saturated rings. The first-order valence-electron chi connectivity index (χ1n) is 6.57. The largest absolute Gasteiger partial charge is 0.373 e. The molecular formula is C13H24N4O. The van der Waals surface area contributed by atoms with Gasteiger partial charge < -0.3 is 10.2 Å². The van der Waals surface area contributed by atoms with Crippen LogP contribution in [0.3, 0.4) is 0 Å². The lowest BCUT2D eigenvalue weighted by Crippen LogP contribution is -2.31. The predicted octanol–water partition coefficient (Wildman–Crippen LogP) is 0.945. The highest BCUT2D eigenvalue weighted by atomic mass is 16.1. The average molecular weight is 252 g/mol. The Morgan fingerprint density at radius 3 is 2.78 bits per heavy atom. The molecule has 5 nitrogen and oxygen atoms in total. The molecule has 0 bridgehead atoms. The first-order valence-corrected chi connectivity index (χ1v) is 6.57. The molecule has 0 aliphatic rings. The van der Waals surface area contributed by atoms with E-state index in [1.165, 1.54) is 4.68 Å². The number of rotatable bonds is 7. The third-order valence-electron chi connectivity index (χ3n) is 3.00. The minimum Gasteiger partial charge on any atom is -0.373 e. The molecule has 0 amide bonds. The SMILES string of the molecule is CCNCC(C)Cn1ncc(N(C)CC)cc1=O. The summed E-state index contributed by atoms with van der Waals surface area (Å²) in [6, 6.07) is 1.65. The van der Waals surface area contributed by atoms with Gasteiger partial charge in [-0.25, -0.2) is 4.68 Å². The topological polar surface area (TPSA) is 50.2 Å². The van der Waals surface area contributed by atoms with Crippen molar-refractivity contribution in [3.05, 3.63) is 22.6 Å². The van der Waals surface area contributed by atoms with E-state index < -0.39 is 0 Å². The molecule has 1 unspecified atom stereocenters. The summed E-state index contributed by atoms with van der Waals surface area (Å²) in [7, 11) is 1.95. The Morgan fingerprint density at radius 1 is 1.50 bits per heavy atom. The number of nitrogens with one attached hydrogen (secondary N) is 1. The molecule has 0 saturated heterocycles. The van der Waals surface area contributed by atoms with Crippen LogP contribution in [-0.4, -0.2) is 36.5 Å². The lowest BCUT2D eigenvalue weighted by molar-refractivity contribution is 0.414. The fraction of sp³-hybridized carbons (Fsp3) is 0.692. The second kappa shape index (κ2) is 7.16. The third kappa shape index (κ3) is 4.14. The minimum atomic E-state index is -0.0313. The van der Waals surface area contributed by atoms with Gasteiger partial charge in [-0.05, 0) is 25.9 Å². The van der Waals surface area contributed by atoms with Gasteiger partial charge in [0.1, 0.15) is 0 Å². The van der Waals surface area contributed by atoms with E-state index in [4.69, 9.17) is 0 Å². The molecule has 1 aromatic heterocycles. The van der Waals surface area contributed by atoms with E-state index in [1.807, 2.05) is 18.9 Å². The number of aromatic nitrogens is 2. The van der Waals surface area contributed by atoms with E-state index in [2.05, 4.69) is 24.3 Å². The van der Waals surface area contributed by atoms with Gasteiger partial charge in [0, 0.05) is 26.2 Å². The van der Waals surface area contributed by atoms with Gasteiger partial charge in [0.25, 0.3) is 5.56 Å². The molecule has 18 heavy (non-hydrogen) atoms. The summed E-state index contributed by atoms with van der Waals surface area (Å²) in [5.41, 5.74) is 0.842. The first-order chi connectivity index (χ1) is 8.58. The highest BCUT2D eigenvalue weighted by Gasteiger charge is 2.07. The van der Waals surface area contributed by atoms with Gasteiger partial charge in [0.05, 0.1) is 11.9 Å². The lowest BCUT2D eigenvalue weighted by atomic mass is 10.2. The standard InChI is InChI=1S/C13H24N4O/c1-5-14-8-11(3)10-17-13(18)7-12(9-15-17)16(4)6-2/h7,9,11,14H,5-6,8,10H2,1-4H3. The Kier molecular flexibility index (Phi) is 5.85. The van der Waals surface area contributed by atoms with Crippen LogP contribution >= 0.6 is 0 Å². The number of nitrogens with zero attached hydrogens (tertiary/aromatic N) is 3. The Hall–Kier alpha value is -1.36. The highest BCUT2D eigenvalue weighted by molar-refractivity contribution is 5.41. The van der Waals surface area contributed by atoms with Gasteiger partial charge in [-0.1, -0.05) is 13.8 Å². The van der Waals surface area contributed by atoms with Crippen LogP contribution in [0.25, 0.3) is 0 Å². The van der Waals surface area contributed by atoms with Gasteiger partial charge in [0.2, 0.25) is 0 Å². The Morgan fingerprint density at radius 2 is 2.22 bits per heavy atom. The molecule has 0 aliphatic heterocycles. The summed E-state index contributed by atoms with van der Waals surface area (Å²) in [4.78, 5) is 13.9. The monoisotopic (exact) mass is 252 g/mol. The summed E-state index contributed by atoms with van der Waals surface area (Å²) < 4.78 is 1.54. The Labute approximate surface area is 109 Å². The van der Waals surface area contributed by atoms with Crippen molar-refractivity contribution >= 4 is 5.69 Å². The summed E-state index contributed by atoms with van der Waals surface area (Å²) in [5, 5.41) is 7.51. The molecule has 1 atom stereocenters. The Balaban J connectivity index is 2.71. The Bertz CT molecular complexity index is 416. The highest BCUT2D eigenvalue weighted by Crippen LogP contribution is 2.06.